The molecule has 1 aromatic carbocycles. The van der Waals surface area contributed by atoms with Crippen molar-refractivity contribution < 1.29 is 19.4 Å². The number of nitrogens with one attached hydrogen (secondary N) is 1. The van der Waals surface area contributed by atoms with Crippen molar-refractivity contribution in [2.45, 2.75) is 38.5 Å². The van der Waals surface area contributed by atoms with Crippen LogP contribution in [0.5, 0.6) is 5.75 Å². The number of fused-ring (bicyclic) bond motifs is 1. The number of benzene rings is 1. The summed E-state index contributed by atoms with van der Waals surface area (Å²) in [5.41, 5.74) is 0.320. The lowest BCUT2D eigenvalue weighted by Crippen LogP contribution is -2.53. The van der Waals surface area contributed by atoms with Gasteiger partial charge in [0.05, 0.1) is 30.8 Å². The molecule has 0 spiro atoms. The molecular formula is C16H20N2O4. The summed E-state index contributed by atoms with van der Waals surface area (Å²) in [6, 6.07) is 6.58. The Balaban J connectivity index is 2.30. The molecule has 22 heavy (non-hydrogen) atoms. The minimum Gasteiger partial charge on any atom is -0.485 e. The van der Waals surface area contributed by atoms with Gasteiger partial charge in [-0.15, -0.1) is 0 Å². The molecule has 0 bridgehead atoms. The number of rotatable bonds is 4. The first-order chi connectivity index (χ1) is 10.4. The number of nitriles is 1. The Kier molecular flexibility index (Phi) is 4.69. The third-order valence-corrected chi connectivity index (χ3v) is 3.65. The van der Waals surface area contributed by atoms with Crippen molar-refractivity contribution in [2.75, 3.05) is 13.2 Å². The number of aliphatic hydroxyl groups excluding tert-OH is 1. The second kappa shape index (κ2) is 6.34. The molecule has 0 unspecified atom stereocenters. The Morgan fingerprint density at radius 3 is 2.91 bits per heavy atom. The maximum Gasteiger partial charge on any atom is 0.319 e. The van der Waals surface area contributed by atoms with Gasteiger partial charge in [0, 0.05) is 5.56 Å². The summed E-state index contributed by atoms with van der Waals surface area (Å²) in [4.78, 5) is 11.5. The van der Waals surface area contributed by atoms with Gasteiger partial charge in [-0.25, -0.2) is 0 Å². The van der Waals surface area contributed by atoms with Crippen LogP contribution in [-0.2, 0) is 9.53 Å². The zero-order valence-corrected chi connectivity index (χ0v) is 12.9. The number of carbonyl (C=O) groups is 1. The van der Waals surface area contributed by atoms with Crippen LogP contribution in [0.4, 0.5) is 0 Å². The van der Waals surface area contributed by atoms with Crippen LogP contribution in [0.1, 0.15) is 37.9 Å². The zero-order valence-electron chi connectivity index (χ0n) is 12.9. The largest absolute Gasteiger partial charge is 0.485 e. The monoisotopic (exact) mass is 304 g/mol. The molecule has 2 atom stereocenters. The van der Waals surface area contributed by atoms with E-state index in [4.69, 9.17) is 14.7 Å². The Labute approximate surface area is 129 Å². The van der Waals surface area contributed by atoms with Gasteiger partial charge in [-0.2, -0.15) is 5.26 Å². The zero-order chi connectivity index (χ0) is 16.3. The van der Waals surface area contributed by atoms with Gasteiger partial charge in [0.1, 0.15) is 17.5 Å². The van der Waals surface area contributed by atoms with Crippen molar-refractivity contribution in [3.63, 3.8) is 0 Å². The van der Waals surface area contributed by atoms with Crippen LogP contribution in [0.3, 0.4) is 0 Å². The number of carbonyl (C=O) groups excluding carboxylic acids is 1. The summed E-state index contributed by atoms with van der Waals surface area (Å²) in [5.74, 6) is 0.202. The Hall–Kier alpha value is -2.10. The van der Waals surface area contributed by atoms with Crippen molar-refractivity contribution in [3.8, 4) is 11.8 Å². The number of hydrogen-bond donors (Lipinski definition) is 2. The molecule has 0 aromatic heterocycles. The van der Waals surface area contributed by atoms with Gasteiger partial charge in [-0.3, -0.25) is 10.1 Å². The van der Waals surface area contributed by atoms with Gasteiger partial charge in [-0.1, -0.05) is 0 Å². The third kappa shape index (κ3) is 3.21. The Morgan fingerprint density at radius 1 is 1.55 bits per heavy atom. The second-order valence-corrected chi connectivity index (χ2v) is 5.68. The SMILES string of the molecule is CCOC(=O)CN[C@H]1c2cc(C#N)ccc2OC(C)(C)[C@@H]1O. The van der Waals surface area contributed by atoms with Crippen LogP contribution in [0.15, 0.2) is 18.2 Å². The van der Waals surface area contributed by atoms with E-state index in [2.05, 4.69) is 11.4 Å². The molecule has 6 nitrogen and oxygen atoms in total. The molecule has 0 saturated carbocycles. The van der Waals surface area contributed by atoms with E-state index in [0.29, 0.717) is 23.5 Å². The first-order valence-electron chi connectivity index (χ1n) is 7.19. The van der Waals surface area contributed by atoms with Crippen molar-refractivity contribution >= 4 is 5.97 Å². The highest BCUT2D eigenvalue weighted by Gasteiger charge is 2.43. The van der Waals surface area contributed by atoms with Crippen molar-refractivity contribution in [2.24, 2.45) is 0 Å². The number of hydrogen-bond acceptors (Lipinski definition) is 6. The number of esters is 1. The van der Waals surface area contributed by atoms with Gasteiger partial charge in [0.15, 0.2) is 0 Å². The maximum atomic E-state index is 11.5. The topological polar surface area (TPSA) is 91.6 Å². The van der Waals surface area contributed by atoms with Crippen molar-refractivity contribution in [1.82, 2.24) is 5.32 Å². The third-order valence-electron chi connectivity index (χ3n) is 3.65. The van der Waals surface area contributed by atoms with Crippen LogP contribution in [-0.4, -0.2) is 35.9 Å². The molecule has 0 fully saturated rings. The molecule has 0 radical (unpaired) electrons. The summed E-state index contributed by atoms with van der Waals surface area (Å²) >= 11 is 0. The van der Waals surface area contributed by atoms with Crippen LogP contribution in [0, 0.1) is 11.3 Å². The normalized spacial score (nSPS) is 22.1. The second-order valence-electron chi connectivity index (χ2n) is 5.68. The highest BCUT2D eigenvalue weighted by Crippen LogP contribution is 2.40. The average Bonchev–Trinajstić information content (AvgIpc) is 2.47. The van der Waals surface area contributed by atoms with Crippen LogP contribution >= 0.6 is 0 Å². The minimum absolute atomic E-state index is 0.0259. The molecule has 2 N–H and O–H groups in total. The molecule has 1 aliphatic rings. The summed E-state index contributed by atoms with van der Waals surface area (Å²) in [7, 11) is 0. The van der Waals surface area contributed by atoms with E-state index >= 15 is 0 Å². The van der Waals surface area contributed by atoms with E-state index in [0.717, 1.165) is 0 Å². The minimum atomic E-state index is -0.872. The fourth-order valence-electron chi connectivity index (χ4n) is 2.50. The van der Waals surface area contributed by atoms with Crippen molar-refractivity contribution in [1.29, 1.82) is 5.26 Å². The first-order valence-corrected chi connectivity index (χ1v) is 7.19. The Bertz CT molecular complexity index is 607. The quantitative estimate of drug-likeness (QED) is 0.814. The fraction of sp³-hybridized carbons (Fsp3) is 0.500. The van der Waals surface area contributed by atoms with E-state index in [-0.39, 0.29) is 6.54 Å². The smallest absolute Gasteiger partial charge is 0.319 e. The molecule has 1 aromatic rings. The van der Waals surface area contributed by atoms with E-state index in [1.54, 1.807) is 39.0 Å². The standard InChI is InChI=1S/C16H20N2O4/c1-4-21-13(19)9-18-14-11-7-10(8-17)5-6-12(11)22-16(2,3)15(14)20/h5-7,14-15,18,20H,4,9H2,1-3H3/t14-,15+/m0/s1. The molecule has 1 aliphatic heterocycles. The fourth-order valence-corrected chi connectivity index (χ4v) is 2.50. The lowest BCUT2D eigenvalue weighted by molar-refractivity contribution is -0.142. The van der Waals surface area contributed by atoms with Crippen LogP contribution < -0.4 is 10.1 Å². The van der Waals surface area contributed by atoms with Gasteiger partial charge in [-0.05, 0) is 39.0 Å². The molecule has 1 heterocycles. The van der Waals surface area contributed by atoms with Gasteiger partial charge in [0.2, 0.25) is 0 Å². The summed E-state index contributed by atoms with van der Waals surface area (Å²) in [5, 5.41) is 22.6. The highest BCUT2D eigenvalue weighted by molar-refractivity contribution is 5.71. The summed E-state index contributed by atoms with van der Waals surface area (Å²) < 4.78 is 10.7. The lowest BCUT2D eigenvalue weighted by atomic mass is 9.86. The van der Waals surface area contributed by atoms with Crippen molar-refractivity contribution in [3.05, 3.63) is 29.3 Å². The number of nitrogens with zero attached hydrogens (tertiary/aromatic N) is 1. The van der Waals surface area contributed by atoms with Gasteiger partial charge < -0.3 is 14.6 Å². The molecule has 0 amide bonds. The maximum absolute atomic E-state index is 11.5. The molecule has 2 rings (SSSR count). The predicted octanol–water partition coefficient (Wildman–Crippen LogP) is 1.28. The van der Waals surface area contributed by atoms with E-state index in [9.17, 15) is 9.90 Å². The molecule has 118 valence electrons. The summed E-state index contributed by atoms with van der Waals surface area (Å²) in [6.07, 6.45) is -0.872. The first kappa shape index (κ1) is 16.3. The lowest BCUT2D eigenvalue weighted by Gasteiger charge is -2.42. The van der Waals surface area contributed by atoms with Gasteiger partial charge >= 0.3 is 5.97 Å². The Morgan fingerprint density at radius 2 is 2.27 bits per heavy atom. The molecule has 0 saturated heterocycles. The summed E-state index contributed by atoms with van der Waals surface area (Å²) in [6.45, 7) is 5.56. The van der Waals surface area contributed by atoms with Crippen LogP contribution in [0.25, 0.3) is 0 Å². The average molecular weight is 304 g/mol. The predicted molar refractivity (Wildman–Crippen MR) is 79.2 cm³/mol. The highest BCUT2D eigenvalue weighted by atomic mass is 16.5. The van der Waals surface area contributed by atoms with E-state index < -0.39 is 23.7 Å². The van der Waals surface area contributed by atoms with Gasteiger partial charge in [0.25, 0.3) is 0 Å². The number of aliphatic hydroxyl groups is 1. The van der Waals surface area contributed by atoms with Crippen LogP contribution in [0.2, 0.25) is 0 Å². The van der Waals surface area contributed by atoms with E-state index in [1.807, 2.05) is 0 Å². The molecule has 6 heteroatoms. The molecular weight excluding hydrogens is 284 g/mol. The van der Waals surface area contributed by atoms with E-state index in [1.165, 1.54) is 0 Å². The molecule has 0 aliphatic carbocycles. The number of ether oxygens (including phenoxy) is 2.